The Morgan fingerprint density at radius 3 is 2.67 bits per heavy atom. The van der Waals surface area contributed by atoms with Crippen LogP contribution in [0, 0.1) is 18.7 Å². The van der Waals surface area contributed by atoms with Gasteiger partial charge in [-0.15, -0.1) is 0 Å². The molecule has 0 unspecified atom stereocenters. The number of nitrogens with two attached hydrogens (primary N) is 1. The van der Waals surface area contributed by atoms with Crippen LogP contribution in [0.15, 0.2) is 60.7 Å². The minimum atomic E-state index is -0.617. The molecule has 4 aromatic rings. The number of anilines is 1. The SMILES string of the molecule is Cc1cccc(OCC(C)C)c1-n1nc2c(c1-c1ccc(NC(N)=O)cc1)CN(Cc1cc(F)ccc1Cl)CC2. The average molecular weight is 562 g/mol. The van der Waals surface area contributed by atoms with Crippen molar-refractivity contribution in [1.29, 1.82) is 0 Å². The summed E-state index contributed by atoms with van der Waals surface area (Å²) < 4.78 is 22.2. The smallest absolute Gasteiger partial charge is 0.316 e. The summed E-state index contributed by atoms with van der Waals surface area (Å²) in [6.07, 6.45) is 0.734. The van der Waals surface area contributed by atoms with Gasteiger partial charge in [-0.05, 0) is 60.4 Å². The van der Waals surface area contributed by atoms with E-state index in [-0.39, 0.29) is 5.82 Å². The number of para-hydroxylation sites is 1. The molecule has 0 spiro atoms. The lowest BCUT2D eigenvalue weighted by Crippen LogP contribution is -2.30. The quantitative estimate of drug-likeness (QED) is 0.250. The van der Waals surface area contributed by atoms with Crippen molar-refractivity contribution in [1.82, 2.24) is 14.7 Å². The van der Waals surface area contributed by atoms with Crippen molar-refractivity contribution in [2.75, 3.05) is 18.5 Å². The third kappa shape index (κ3) is 5.98. The maximum Gasteiger partial charge on any atom is 0.316 e. The highest BCUT2D eigenvalue weighted by atomic mass is 35.5. The molecule has 9 heteroatoms. The Morgan fingerprint density at radius 2 is 1.95 bits per heavy atom. The molecule has 7 nitrogen and oxygen atoms in total. The molecule has 0 atom stereocenters. The summed E-state index contributed by atoms with van der Waals surface area (Å²) in [5.74, 6) is 0.834. The van der Waals surface area contributed by atoms with Crippen molar-refractivity contribution in [2.45, 2.75) is 40.3 Å². The number of primary amides is 1. The summed E-state index contributed by atoms with van der Waals surface area (Å²) in [4.78, 5) is 13.6. The number of nitrogens with zero attached hydrogens (tertiary/aromatic N) is 3. The number of aryl methyl sites for hydroxylation is 1. The lowest BCUT2D eigenvalue weighted by molar-refractivity contribution is 0.245. The third-order valence-electron chi connectivity index (χ3n) is 6.93. The number of benzene rings is 3. The lowest BCUT2D eigenvalue weighted by atomic mass is 9.99. The van der Waals surface area contributed by atoms with E-state index >= 15 is 0 Å². The zero-order valence-electron chi connectivity index (χ0n) is 22.9. The van der Waals surface area contributed by atoms with E-state index in [1.807, 2.05) is 41.1 Å². The number of carbonyl (C=O) groups is 1. The second-order valence-electron chi connectivity index (χ2n) is 10.6. The molecule has 1 aliphatic heterocycles. The van der Waals surface area contributed by atoms with Crippen LogP contribution in [0.25, 0.3) is 16.9 Å². The molecule has 5 rings (SSSR count). The van der Waals surface area contributed by atoms with Gasteiger partial charge in [-0.25, -0.2) is 13.9 Å². The number of nitrogens with one attached hydrogen (secondary N) is 1. The summed E-state index contributed by atoms with van der Waals surface area (Å²) in [6, 6.07) is 17.4. The first-order valence-corrected chi connectivity index (χ1v) is 13.7. The highest BCUT2D eigenvalue weighted by molar-refractivity contribution is 6.31. The highest BCUT2D eigenvalue weighted by Crippen LogP contribution is 2.37. The molecule has 2 amide bonds. The number of urea groups is 1. The molecular weight excluding hydrogens is 529 g/mol. The number of hydrogen-bond donors (Lipinski definition) is 2. The van der Waals surface area contributed by atoms with Gasteiger partial charge in [0.2, 0.25) is 0 Å². The molecule has 0 radical (unpaired) electrons. The summed E-state index contributed by atoms with van der Waals surface area (Å²) >= 11 is 6.40. The monoisotopic (exact) mass is 561 g/mol. The summed E-state index contributed by atoms with van der Waals surface area (Å²) in [7, 11) is 0. The third-order valence-corrected chi connectivity index (χ3v) is 7.29. The number of halogens is 2. The number of hydrogen-bond acceptors (Lipinski definition) is 4. The van der Waals surface area contributed by atoms with Gasteiger partial charge >= 0.3 is 6.03 Å². The Balaban J connectivity index is 1.60. The topological polar surface area (TPSA) is 85.4 Å². The standard InChI is InChI=1S/C31H33ClFN5O2/c1-19(2)18-40-28-6-4-5-20(3)29(28)38-30(21-7-10-24(11-8-21)35-31(34)39)25-17-37(14-13-27(25)36-38)16-22-15-23(33)9-12-26(22)32/h4-12,15,19H,13-14,16-18H2,1-3H3,(H3,34,35,39). The largest absolute Gasteiger partial charge is 0.491 e. The van der Waals surface area contributed by atoms with Crippen LogP contribution < -0.4 is 15.8 Å². The van der Waals surface area contributed by atoms with E-state index in [1.54, 1.807) is 6.07 Å². The molecule has 3 N–H and O–H groups in total. The van der Waals surface area contributed by atoms with Gasteiger partial charge in [0.1, 0.15) is 17.3 Å². The van der Waals surface area contributed by atoms with Crippen LogP contribution in [0.2, 0.25) is 5.02 Å². The Labute approximate surface area is 238 Å². The van der Waals surface area contributed by atoms with Crippen molar-refractivity contribution >= 4 is 23.3 Å². The van der Waals surface area contributed by atoms with Gasteiger partial charge in [-0.2, -0.15) is 5.10 Å². The van der Waals surface area contributed by atoms with E-state index in [0.717, 1.165) is 58.0 Å². The number of carbonyl (C=O) groups excluding carboxylic acids is 1. The average Bonchev–Trinajstić information content (AvgIpc) is 3.28. The van der Waals surface area contributed by atoms with Crippen LogP contribution in [-0.4, -0.2) is 33.9 Å². The second kappa shape index (κ2) is 11.7. The number of aromatic nitrogens is 2. The van der Waals surface area contributed by atoms with Gasteiger partial charge in [-0.3, -0.25) is 4.90 Å². The zero-order chi connectivity index (χ0) is 28.4. The minimum Gasteiger partial charge on any atom is -0.491 e. The minimum absolute atomic E-state index is 0.302. The van der Waals surface area contributed by atoms with Crippen molar-refractivity contribution in [2.24, 2.45) is 11.7 Å². The lowest BCUT2D eigenvalue weighted by Gasteiger charge is -2.27. The van der Waals surface area contributed by atoms with Gasteiger partial charge in [-0.1, -0.05) is 49.7 Å². The summed E-state index contributed by atoms with van der Waals surface area (Å²) in [5.41, 5.74) is 12.6. The van der Waals surface area contributed by atoms with Crippen LogP contribution in [0.5, 0.6) is 5.75 Å². The molecule has 1 aromatic heterocycles. The van der Waals surface area contributed by atoms with E-state index in [4.69, 9.17) is 27.2 Å². The van der Waals surface area contributed by atoms with Crippen molar-refractivity contribution in [3.8, 4) is 22.7 Å². The van der Waals surface area contributed by atoms with E-state index < -0.39 is 6.03 Å². The first-order valence-electron chi connectivity index (χ1n) is 13.4. The maximum atomic E-state index is 14.0. The maximum absolute atomic E-state index is 14.0. The van der Waals surface area contributed by atoms with Crippen LogP contribution in [0.1, 0.15) is 36.2 Å². The van der Waals surface area contributed by atoms with Crippen LogP contribution in [0.4, 0.5) is 14.9 Å². The molecule has 3 aromatic carbocycles. The number of rotatable bonds is 8. The predicted molar refractivity (Wildman–Crippen MR) is 157 cm³/mol. The van der Waals surface area contributed by atoms with Crippen molar-refractivity contribution in [3.63, 3.8) is 0 Å². The van der Waals surface area contributed by atoms with Crippen molar-refractivity contribution < 1.29 is 13.9 Å². The first-order chi connectivity index (χ1) is 19.2. The van der Waals surface area contributed by atoms with Crippen LogP contribution in [0.3, 0.4) is 0 Å². The van der Waals surface area contributed by atoms with Gasteiger partial charge in [0.05, 0.1) is 18.0 Å². The first kappa shape index (κ1) is 27.7. The highest BCUT2D eigenvalue weighted by Gasteiger charge is 2.28. The Hall–Kier alpha value is -3.88. The normalized spacial score (nSPS) is 13.3. The predicted octanol–water partition coefficient (Wildman–Crippen LogP) is 6.72. The fraction of sp³-hybridized carbons (Fsp3) is 0.290. The van der Waals surface area contributed by atoms with Crippen LogP contribution >= 0.6 is 11.6 Å². The molecule has 0 saturated heterocycles. The molecule has 208 valence electrons. The number of ether oxygens (including phenoxy) is 1. The molecule has 0 fully saturated rings. The molecule has 0 saturated carbocycles. The van der Waals surface area contributed by atoms with Gasteiger partial charge < -0.3 is 15.8 Å². The molecule has 0 aliphatic carbocycles. The van der Waals surface area contributed by atoms with E-state index in [0.29, 0.717) is 36.3 Å². The van der Waals surface area contributed by atoms with Gasteiger partial charge in [0.25, 0.3) is 0 Å². The Bertz CT molecular complexity index is 1530. The summed E-state index contributed by atoms with van der Waals surface area (Å²) in [5, 5.41) is 8.29. The van der Waals surface area contributed by atoms with Crippen molar-refractivity contribution in [3.05, 3.63) is 93.9 Å². The number of fused-ring (bicyclic) bond motifs is 1. The molecule has 40 heavy (non-hydrogen) atoms. The molecule has 1 aliphatic rings. The van der Waals surface area contributed by atoms with E-state index in [1.165, 1.54) is 12.1 Å². The van der Waals surface area contributed by atoms with Gasteiger partial charge in [0, 0.05) is 47.9 Å². The van der Waals surface area contributed by atoms with Crippen LogP contribution in [-0.2, 0) is 19.5 Å². The molecule has 2 heterocycles. The second-order valence-corrected chi connectivity index (χ2v) is 11.0. The number of amides is 2. The van der Waals surface area contributed by atoms with E-state index in [2.05, 4.69) is 37.1 Å². The Kier molecular flexibility index (Phi) is 8.09. The fourth-order valence-corrected chi connectivity index (χ4v) is 5.24. The molecular formula is C31H33ClFN5O2. The summed E-state index contributed by atoms with van der Waals surface area (Å²) in [6.45, 7) is 8.79. The van der Waals surface area contributed by atoms with Gasteiger partial charge in [0.15, 0.2) is 0 Å². The molecule has 0 bridgehead atoms. The Morgan fingerprint density at radius 1 is 1.18 bits per heavy atom. The van der Waals surface area contributed by atoms with E-state index in [9.17, 15) is 9.18 Å². The fourth-order valence-electron chi connectivity index (χ4n) is 5.06. The zero-order valence-corrected chi connectivity index (χ0v) is 23.6.